The number of carbonyl (C=O) groups excluding carboxylic acids is 4. The highest BCUT2D eigenvalue weighted by Crippen LogP contribution is 2.43. The van der Waals surface area contributed by atoms with Crippen molar-refractivity contribution in [2.45, 2.75) is 33.0 Å². The van der Waals surface area contributed by atoms with E-state index in [0.717, 1.165) is 6.92 Å². The third-order valence-corrected chi connectivity index (χ3v) is 4.01. The van der Waals surface area contributed by atoms with Crippen LogP contribution in [0.2, 0.25) is 0 Å². The molecule has 2 aromatic rings. The highest BCUT2D eigenvalue weighted by atomic mass is 16.6. The number of hydrogen-bond acceptors (Lipinski definition) is 8. The monoisotopic (exact) mass is 398 g/mol. The molecule has 0 fully saturated rings. The van der Waals surface area contributed by atoms with Crippen molar-refractivity contribution in [1.82, 2.24) is 0 Å². The maximum atomic E-state index is 13.2. The number of esters is 3. The molecule has 0 aromatic heterocycles. The summed E-state index contributed by atoms with van der Waals surface area (Å²) in [5, 5.41) is 0. The molecule has 1 aliphatic rings. The fourth-order valence-corrected chi connectivity index (χ4v) is 3.02. The van der Waals surface area contributed by atoms with Crippen LogP contribution in [-0.2, 0) is 19.1 Å². The van der Waals surface area contributed by atoms with Crippen LogP contribution in [0.4, 0.5) is 0 Å². The first-order valence-electron chi connectivity index (χ1n) is 8.74. The molecule has 3 rings (SSSR count). The summed E-state index contributed by atoms with van der Waals surface area (Å²) in [5.74, 6) is -2.62. The summed E-state index contributed by atoms with van der Waals surface area (Å²) < 4.78 is 21.4. The molecule has 1 aliphatic heterocycles. The lowest BCUT2D eigenvalue weighted by atomic mass is 9.92. The summed E-state index contributed by atoms with van der Waals surface area (Å²) in [4.78, 5) is 47.7. The number of rotatable bonds is 4. The predicted molar refractivity (Wildman–Crippen MR) is 98.8 cm³/mol. The van der Waals surface area contributed by atoms with Gasteiger partial charge < -0.3 is 18.9 Å². The summed E-state index contributed by atoms with van der Waals surface area (Å²) in [6.07, 6.45) is -2.21. The lowest BCUT2D eigenvalue weighted by Crippen LogP contribution is -2.40. The molecule has 0 saturated carbocycles. The zero-order valence-corrected chi connectivity index (χ0v) is 16.0. The van der Waals surface area contributed by atoms with Crippen LogP contribution in [-0.4, -0.2) is 29.8 Å². The molecule has 0 N–H and O–H groups in total. The van der Waals surface area contributed by atoms with Crippen molar-refractivity contribution in [3.8, 4) is 17.2 Å². The van der Waals surface area contributed by atoms with Crippen LogP contribution in [0.25, 0.3) is 0 Å². The largest absolute Gasteiger partial charge is 0.480 e. The standard InChI is InChI=1S/C21H18O8/c1-11(22)26-15-9-16(27-12(2)23)18-17(10-15)29-20(14-7-5-4-6-8-14)21(19(18)25)28-13(3)24/h4-10,20-21H,1-3H3. The Morgan fingerprint density at radius 1 is 0.897 bits per heavy atom. The third-order valence-electron chi connectivity index (χ3n) is 4.01. The van der Waals surface area contributed by atoms with E-state index in [1.54, 1.807) is 30.3 Å². The summed E-state index contributed by atoms with van der Waals surface area (Å²) in [6, 6.07) is 11.3. The molecule has 0 amide bonds. The van der Waals surface area contributed by atoms with E-state index in [2.05, 4.69) is 0 Å². The second kappa shape index (κ2) is 8.14. The summed E-state index contributed by atoms with van der Waals surface area (Å²) in [5.41, 5.74) is 0.527. The van der Waals surface area contributed by atoms with Gasteiger partial charge in [-0.2, -0.15) is 0 Å². The highest BCUT2D eigenvalue weighted by Gasteiger charge is 2.43. The summed E-state index contributed by atoms with van der Waals surface area (Å²) in [7, 11) is 0. The van der Waals surface area contributed by atoms with E-state index in [-0.39, 0.29) is 22.8 Å². The molecular formula is C21H18O8. The van der Waals surface area contributed by atoms with Crippen LogP contribution in [0.1, 0.15) is 42.8 Å². The molecule has 2 unspecified atom stereocenters. The Morgan fingerprint density at radius 2 is 1.55 bits per heavy atom. The van der Waals surface area contributed by atoms with Gasteiger partial charge in [0.1, 0.15) is 22.8 Å². The average molecular weight is 398 g/mol. The molecule has 8 nitrogen and oxygen atoms in total. The van der Waals surface area contributed by atoms with E-state index >= 15 is 0 Å². The van der Waals surface area contributed by atoms with Crippen molar-refractivity contribution in [1.29, 1.82) is 0 Å². The minimum absolute atomic E-state index is 0.0399. The SMILES string of the molecule is CC(=O)Oc1cc(OC(C)=O)c2c(c1)OC(c1ccccc1)C(OC(C)=O)C2=O. The minimum atomic E-state index is -1.28. The number of benzene rings is 2. The lowest BCUT2D eigenvalue weighted by molar-refractivity contribution is -0.149. The smallest absolute Gasteiger partial charge is 0.308 e. The summed E-state index contributed by atoms with van der Waals surface area (Å²) in [6.45, 7) is 3.55. The Labute approximate surface area is 166 Å². The van der Waals surface area contributed by atoms with Crippen LogP contribution in [0, 0.1) is 0 Å². The van der Waals surface area contributed by atoms with Gasteiger partial charge in [-0.25, -0.2) is 0 Å². The number of carbonyl (C=O) groups is 4. The maximum Gasteiger partial charge on any atom is 0.308 e. The summed E-state index contributed by atoms with van der Waals surface area (Å²) >= 11 is 0. The molecule has 0 aliphatic carbocycles. The maximum absolute atomic E-state index is 13.2. The van der Waals surface area contributed by atoms with E-state index in [4.69, 9.17) is 18.9 Å². The quantitative estimate of drug-likeness (QED) is 0.572. The van der Waals surface area contributed by atoms with Crippen molar-refractivity contribution >= 4 is 23.7 Å². The van der Waals surface area contributed by atoms with Gasteiger partial charge in [0.2, 0.25) is 11.9 Å². The van der Waals surface area contributed by atoms with Gasteiger partial charge in [-0.3, -0.25) is 19.2 Å². The van der Waals surface area contributed by atoms with Crippen molar-refractivity contribution in [2.24, 2.45) is 0 Å². The van der Waals surface area contributed by atoms with E-state index in [1.807, 2.05) is 0 Å². The first kappa shape index (κ1) is 20.1. The Hall–Kier alpha value is -3.68. The van der Waals surface area contributed by atoms with E-state index in [0.29, 0.717) is 5.56 Å². The molecule has 8 heteroatoms. The second-order valence-electron chi connectivity index (χ2n) is 6.33. The molecule has 2 atom stereocenters. The van der Waals surface area contributed by atoms with E-state index in [9.17, 15) is 19.2 Å². The average Bonchev–Trinajstić information content (AvgIpc) is 2.63. The second-order valence-corrected chi connectivity index (χ2v) is 6.33. The number of fused-ring (bicyclic) bond motifs is 1. The van der Waals surface area contributed by atoms with Gasteiger partial charge in [-0.1, -0.05) is 30.3 Å². The Morgan fingerprint density at radius 3 is 2.14 bits per heavy atom. The number of ketones is 1. The van der Waals surface area contributed by atoms with Crippen LogP contribution in [0.5, 0.6) is 17.2 Å². The molecule has 0 radical (unpaired) electrons. The molecule has 150 valence electrons. The topological polar surface area (TPSA) is 105 Å². The predicted octanol–water partition coefficient (Wildman–Crippen LogP) is 2.79. The van der Waals surface area contributed by atoms with Crippen LogP contribution in [0.3, 0.4) is 0 Å². The molecule has 0 saturated heterocycles. The molecule has 29 heavy (non-hydrogen) atoms. The van der Waals surface area contributed by atoms with Gasteiger partial charge in [-0.05, 0) is 5.56 Å². The zero-order chi connectivity index (χ0) is 21.1. The third kappa shape index (κ3) is 4.43. The Bertz CT molecular complexity index is 980. The van der Waals surface area contributed by atoms with Gasteiger partial charge in [0, 0.05) is 32.9 Å². The fourth-order valence-electron chi connectivity index (χ4n) is 3.02. The van der Waals surface area contributed by atoms with Gasteiger partial charge in [0.25, 0.3) is 0 Å². The van der Waals surface area contributed by atoms with Crippen LogP contribution >= 0.6 is 0 Å². The molecule has 0 spiro atoms. The van der Waals surface area contributed by atoms with Gasteiger partial charge >= 0.3 is 17.9 Å². The Kier molecular flexibility index (Phi) is 5.63. The van der Waals surface area contributed by atoms with Crippen LogP contribution < -0.4 is 14.2 Å². The first-order chi connectivity index (χ1) is 13.8. The minimum Gasteiger partial charge on any atom is -0.480 e. The van der Waals surface area contributed by atoms with Crippen molar-refractivity contribution in [2.75, 3.05) is 0 Å². The molecule has 0 bridgehead atoms. The zero-order valence-electron chi connectivity index (χ0n) is 16.0. The molecule has 1 heterocycles. The molecule has 2 aromatic carbocycles. The van der Waals surface area contributed by atoms with E-state index < -0.39 is 35.9 Å². The highest BCUT2D eigenvalue weighted by molar-refractivity contribution is 6.07. The normalized spacial score (nSPS) is 17.6. The lowest BCUT2D eigenvalue weighted by Gasteiger charge is -2.32. The van der Waals surface area contributed by atoms with Crippen molar-refractivity contribution < 1.29 is 38.1 Å². The van der Waals surface area contributed by atoms with Gasteiger partial charge in [-0.15, -0.1) is 0 Å². The Balaban J connectivity index is 2.15. The van der Waals surface area contributed by atoms with E-state index in [1.165, 1.54) is 26.0 Å². The van der Waals surface area contributed by atoms with Crippen LogP contribution in [0.15, 0.2) is 42.5 Å². The van der Waals surface area contributed by atoms with Crippen molar-refractivity contribution in [3.05, 3.63) is 53.6 Å². The molecular weight excluding hydrogens is 380 g/mol. The van der Waals surface area contributed by atoms with Gasteiger partial charge in [0.15, 0.2) is 6.10 Å². The number of Topliss-reactive ketones (excluding diaryl/α,β-unsaturated/α-hetero) is 1. The first-order valence-corrected chi connectivity index (χ1v) is 8.74. The van der Waals surface area contributed by atoms with Gasteiger partial charge in [0.05, 0.1) is 0 Å². The van der Waals surface area contributed by atoms with Crippen molar-refractivity contribution in [3.63, 3.8) is 0 Å². The fraction of sp³-hybridized carbons (Fsp3) is 0.238. The number of ether oxygens (including phenoxy) is 4. The number of hydrogen-bond donors (Lipinski definition) is 0.